The molecule has 5 atom stereocenters. The van der Waals surface area contributed by atoms with Crippen LogP contribution in [0.5, 0.6) is 0 Å². The van der Waals surface area contributed by atoms with Crippen molar-refractivity contribution in [2.45, 2.75) is 44.4 Å². The normalized spacial score (nSPS) is 22.8. The van der Waals surface area contributed by atoms with Gasteiger partial charge in [0.25, 0.3) is 5.91 Å². The summed E-state index contributed by atoms with van der Waals surface area (Å²) in [5.41, 5.74) is 2.50. The van der Waals surface area contributed by atoms with E-state index in [1.807, 2.05) is 6.92 Å². The minimum atomic E-state index is -5.36. The van der Waals surface area contributed by atoms with Gasteiger partial charge >= 0.3 is 21.7 Å². The smallest absolute Gasteiger partial charge is 0.394 e. The van der Waals surface area contributed by atoms with E-state index in [1.165, 1.54) is 4.90 Å². The predicted molar refractivity (Wildman–Crippen MR) is 118 cm³/mol. The summed E-state index contributed by atoms with van der Waals surface area (Å²) in [6, 6.07) is 1.55. The number of carbonyl (C=O) groups is 2. The van der Waals surface area contributed by atoms with E-state index in [2.05, 4.69) is 25.0 Å². The Morgan fingerprint density at radius 2 is 1.63 bits per heavy atom. The zero-order chi connectivity index (χ0) is 26.3. The molecule has 0 aliphatic carbocycles. The van der Waals surface area contributed by atoms with Gasteiger partial charge in [-0.3, -0.25) is 19.2 Å². The highest BCUT2D eigenvalue weighted by Crippen LogP contribution is 2.44. The Morgan fingerprint density at radius 3 is 2.20 bits per heavy atom. The average Bonchev–Trinajstić information content (AvgIpc) is 2.71. The summed E-state index contributed by atoms with van der Waals surface area (Å²) in [5, 5.41) is 28.1. The van der Waals surface area contributed by atoms with Gasteiger partial charge in [0.2, 0.25) is 0 Å². The fourth-order valence-corrected chi connectivity index (χ4v) is 5.03. The number of benzene rings is 1. The zero-order valence-corrected chi connectivity index (χ0v) is 20.2. The fraction of sp³-hybridized carbons (Fsp3) is 0.529. The Bertz CT molecular complexity index is 1090. The van der Waals surface area contributed by atoms with Crippen LogP contribution in [0.2, 0.25) is 0 Å². The summed E-state index contributed by atoms with van der Waals surface area (Å²) in [6.07, 6.45) is -7.22. The van der Waals surface area contributed by atoms with Crippen LogP contribution in [0.25, 0.3) is 0 Å². The van der Waals surface area contributed by atoms with Crippen molar-refractivity contribution in [1.29, 1.82) is 0 Å². The lowest BCUT2D eigenvalue weighted by atomic mass is 9.98. The van der Waals surface area contributed by atoms with E-state index in [0.717, 1.165) is 11.1 Å². The molecule has 196 valence electrons. The second-order valence-electron chi connectivity index (χ2n) is 8.08. The highest BCUT2D eigenvalue weighted by molar-refractivity contribution is 7.46. The number of anilines is 2. The molecule has 1 fully saturated rings. The number of nitrogens with one attached hydrogen (secondary N) is 3. The average molecular weight is 540 g/mol. The van der Waals surface area contributed by atoms with Crippen molar-refractivity contribution in [3.63, 3.8) is 0 Å². The number of hydrogen-bond acceptors (Lipinski definition) is 10. The van der Waals surface area contributed by atoms with Gasteiger partial charge in [-0.2, -0.15) is 0 Å². The van der Waals surface area contributed by atoms with Crippen LogP contribution in [0.1, 0.15) is 11.1 Å². The molecule has 1 aromatic rings. The Balaban J connectivity index is 2.02. The van der Waals surface area contributed by atoms with Crippen molar-refractivity contribution in [3.8, 4) is 0 Å². The van der Waals surface area contributed by atoms with Crippen LogP contribution in [0.3, 0.4) is 0 Å². The molecule has 1 saturated heterocycles. The Hall–Kier alpha value is -2.10. The molecule has 2 unspecified atom stereocenters. The van der Waals surface area contributed by atoms with Crippen LogP contribution in [-0.4, -0.2) is 85.4 Å². The van der Waals surface area contributed by atoms with Crippen LogP contribution in [-0.2, 0) is 23.0 Å². The molecule has 0 saturated carbocycles. The maximum Gasteiger partial charge on any atom is 0.470 e. The lowest BCUT2D eigenvalue weighted by Crippen LogP contribution is -2.71. The van der Waals surface area contributed by atoms with Gasteiger partial charge in [0, 0.05) is 6.54 Å². The molecule has 2 aliphatic heterocycles. The van der Waals surface area contributed by atoms with Crippen molar-refractivity contribution in [2.24, 2.45) is 0 Å². The van der Waals surface area contributed by atoms with Gasteiger partial charge in [0.1, 0.15) is 30.5 Å². The minimum Gasteiger partial charge on any atom is -0.394 e. The molecular formula is C17H26N4O12P2. The lowest BCUT2D eigenvalue weighted by molar-refractivity contribution is -0.122. The first-order valence-corrected chi connectivity index (χ1v) is 13.2. The molecule has 16 nitrogen and oxygen atoms in total. The summed E-state index contributed by atoms with van der Waals surface area (Å²) in [6.45, 7) is 1.85. The summed E-state index contributed by atoms with van der Waals surface area (Å²) in [4.78, 5) is 62.6. The van der Waals surface area contributed by atoms with E-state index in [0.29, 0.717) is 11.4 Å². The number of aliphatic hydroxyl groups is 2. The summed E-state index contributed by atoms with van der Waals surface area (Å²) in [7, 11) is -10.6. The third-order valence-electron chi connectivity index (χ3n) is 5.52. The van der Waals surface area contributed by atoms with E-state index in [4.69, 9.17) is 9.79 Å². The monoisotopic (exact) mass is 540 g/mol. The van der Waals surface area contributed by atoms with Crippen LogP contribution in [0.15, 0.2) is 12.1 Å². The number of hydrogen-bond donors (Lipinski definition) is 9. The number of urea groups is 1. The number of β-amino-alcohol motifs (C(OH)–C–C–N with tert-alkyl or cyclic N) is 1. The number of nitrogens with zero attached hydrogens (tertiary/aromatic N) is 1. The molecule has 2 heterocycles. The maximum atomic E-state index is 12.5. The summed E-state index contributed by atoms with van der Waals surface area (Å²) >= 11 is 0. The van der Waals surface area contributed by atoms with Crippen LogP contribution >= 0.6 is 15.6 Å². The number of imide groups is 1. The number of amides is 3. The molecule has 0 radical (unpaired) electrons. The van der Waals surface area contributed by atoms with Gasteiger partial charge in [-0.05, 0) is 37.1 Å². The largest absolute Gasteiger partial charge is 0.470 e. The van der Waals surface area contributed by atoms with E-state index >= 15 is 0 Å². The topological polar surface area (TPSA) is 247 Å². The highest BCUT2D eigenvalue weighted by atomic mass is 31.2. The predicted octanol–water partition coefficient (Wildman–Crippen LogP) is -1.62. The molecule has 9 N–H and O–H groups in total. The van der Waals surface area contributed by atoms with Gasteiger partial charge in [-0.15, -0.1) is 0 Å². The van der Waals surface area contributed by atoms with Crippen molar-refractivity contribution < 1.29 is 57.6 Å². The summed E-state index contributed by atoms with van der Waals surface area (Å²) < 4.78 is 31.7. The number of fused-ring (bicyclic) bond motifs is 2. The fourth-order valence-electron chi connectivity index (χ4n) is 3.90. The zero-order valence-electron chi connectivity index (χ0n) is 18.4. The molecule has 0 aromatic heterocycles. The van der Waals surface area contributed by atoms with Crippen molar-refractivity contribution >= 4 is 39.0 Å². The van der Waals surface area contributed by atoms with E-state index in [1.54, 1.807) is 19.1 Å². The SMILES string of the molecule is Cc1cc2c(cc1C)N(C[C@H](O)[C@H](OP(=O)(O)O)[C@@H](CO)OP(=O)(O)O)C1NC(=O)NC(=O)C1N2. The highest BCUT2D eigenvalue weighted by Gasteiger charge is 2.46. The number of phosphoric acid groups is 2. The van der Waals surface area contributed by atoms with Gasteiger partial charge < -0.3 is 45.3 Å². The number of rotatable bonds is 9. The quantitative estimate of drug-likeness (QED) is 0.160. The molecule has 18 heteroatoms. The summed E-state index contributed by atoms with van der Waals surface area (Å²) in [5.74, 6) is -0.678. The molecule has 2 aliphatic rings. The van der Waals surface area contributed by atoms with E-state index in [-0.39, 0.29) is 0 Å². The number of carbonyl (C=O) groups excluding carboxylic acids is 2. The van der Waals surface area contributed by atoms with Crippen LogP contribution in [0, 0.1) is 13.8 Å². The third-order valence-corrected chi connectivity index (χ3v) is 6.59. The van der Waals surface area contributed by atoms with Crippen molar-refractivity contribution in [2.75, 3.05) is 23.4 Å². The molecule has 0 bridgehead atoms. The van der Waals surface area contributed by atoms with Crippen LogP contribution in [0.4, 0.5) is 16.2 Å². The Kier molecular flexibility index (Phi) is 7.94. The van der Waals surface area contributed by atoms with Gasteiger partial charge in [0.05, 0.1) is 18.0 Å². The molecule has 3 amide bonds. The molecule has 0 spiro atoms. The maximum absolute atomic E-state index is 12.5. The minimum absolute atomic E-state index is 0.398. The number of aliphatic hydroxyl groups excluding tert-OH is 2. The standard InChI is InChI=1S/C17H26N4O12P2/c1-7-3-9-10(4-8(7)2)21(15-13(18-9)16(24)20-17(25)19-15)5-11(23)14(33-35(29,30)31)12(6-22)32-34(26,27)28/h3-4,11-15,18,22-23H,5-6H2,1-2H3,(H2,26,27,28)(H2,29,30,31)(H2,19,20,24,25)/t11-,12+,13?,14-,15?/m0/s1. The molecule has 1 aromatic carbocycles. The first-order chi connectivity index (χ1) is 16.1. The number of aryl methyl sites for hydroxylation is 2. The Morgan fingerprint density at radius 1 is 1.03 bits per heavy atom. The number of phosphoric ester groups is 2. The second-order valence-corrected chi connectivity index (χ2v) is 10.5. The third kappa shape index (κ3) is 6.57. The van der Waals surface area contributed by atoms with Crippen LogP contribution < -0.4 is 20.9 Å². The van der Waals surface area contributed by atoms with Gasteiger partial charge in [-0.1, -0.05) is 0 Å². The van der Waals surface area contributed by atoms with E-state index in [9.17, 15) is 38.7 Å². The molecule has 35 heavy (non-hydrogen) atoms. The van der Waals surface area contributed by atoms with Crippen molar-refractivity contribution in [1.82, 2.24) is 10.6 Å². The van der Waals surface area contributed by atoms with Gasteiger partial charge in [0.15, 0.2) is 0 Å². The van der Waals surface area contributed by atoms with E-state index < -0.39 is 71.3 Å². The van der Waals surface area contributed by atoms with Crippen molar-refractivity contribution in [3.05, 3.63) is 23.3 Å². The van der Waals surface area contributed by atoms with Gasteiger partial charge in [-0.25, -0.2) is 13.9 Å². The second kappa shape index (κ2) is 10.1. The molecule has 3 rings (SSSR count). The first kappa shape index (κ1) is 27.5. The Labute approximate surface area is 198 Å². The molecular weight excluding hydrogens is 514 g/mol. The first-order valence-electron chi connectivity index (χ1n) is 10.1. The lowest BCUT2D eigenvalue weighted by Gasteiger charge is -2.47.